The van der Waals surface area contributed by atoms with Crippen LogP contribution in [0.25, 0.3) is 0 Å². The molecule has 0 saturated carbocycles. The van der Waals surface area contributed by atoms with Crippen molar-refractivity contribution in [1.82, 2.24) is 5.32 Å². The third kappa shape index (κ3) is 5.81. The standard InChI is InChI=1S/C14H22N2O3/c1-14(2,8-10-17)11-15-9-7-12-3-5-13(6-4-12)16(18)19/h3-6,15,17H,7-11H2,1-2H3. The van der Waals surface area contributed by atoms with Crippen LogP contribution in [-0.2, 0) is 6.42 Å². The van der Waals surface area contributed by atoms with Crippen LogP contribution in [0, 0.1) is 15.5 Å². The third-order valence-electron chi connectivity index (χ3n) is 3.13. The molecule has 0 aliphatic heterocycles. The van der Waals surface area contributed by atoms with Gasteiger partial charge in [-0.1, -0.05) is 26.0 Å². The number of nitrogens with zero attached hydrogens (tertiary/aromatic N) is 1. The van der Waals surface area contributed by atoms with E-state index < -0.39 is 0 Å². The highest BCUT2D eigenvalue weighted by molar-refractivity contribution is 5.32. The van der Waals surface area contributed by atoms with E-state index in [-0.39, 0.29) is 22.6 Å². The highest BCUT2D eigenvalue weighted by atomic mass is 16.6. The molecule has 1 aromatic rings. The molecule has 1 aromatic carbocycles. The number of nitro benzene ring substituents is 1. The molecule has 0 aromatic heterocycles. The van der Waals surface area contributed by atoms with E-state index in [2.05, 4.69) is 19.2 Å². The second kappa shape index (κ2) is 7.21. The Kier molecular flexibility index (Phi) is 5.92. The molecular formula is C14H22N2O3. The molecule has 0 aliphatic rings. The van der Waals surface area contributed by atoms with Gasteiger partial charge in [0.25, 0.3) is 5.69 Å². The second-order valence-corrected chi connectivity index (χ2v) is 5.49. The minimum absolute atomic E-state index is 0.0875. The van der Waals surface area contributed by atoms with Crippen molar-refractivity contribution in [2.75, 3.05) is 19.7 Å². The van der Waals surface area contributed by atoms with Gasteiger partial charge in [-0.2, -0.15) is 0 Å². The average molecular weight is 266 g/mol. The number of hydrogen-bond donors (Lipinski definition) is 2. The molecule has 0 heterocycles. The van der Waals surface area contributed by atoms with Crippen molar-refractivity contribution in [3.63, 3.8) is 0 Å². The van der Waals surface area contributed by atoms with Crippen molar-refractivity contribution < 1.29 is 10.0 Å². The lowest BCUT2D eigenvalue weighted by Crippen LogP contribution is -2.31. The minimum Gasteiger partial charge on any atom is -0.396 e. The molecule has 19 heavy (non-hydrogen) atoms. The first-order chi connectivity index (χ1) is 8.94. The quantitative estimate of drug-likeness (QED) is 0.429. The summed E-state index contributed by atoms with van der Waals surface area (Å²) < 4.78 is 0. The molecule has 0 saturated heterocycles. The number of nitrogens with one attached hydrogen (secondary N) is 1. The molecular weight excluding hydrogens is 244 g/mol. The third-order valence-corrected chi connectivity index (χ3v) is 3.13. The largest absolute Gasteiger partial charge is 0.396 e. The van der Waals surface area contributed by atoms with Crippen molar-refractivity contribution in [3.8, 4) is 0 Å². The Morgan fingerprint density at radius 2 is 1.95 bits per heavy atom. The van der Waals surface area contributed by atoms with Crippen LogP contribution >= 0.6 is 0 Å². The summed E-state index contributed by atoms with van der Waals surface area (Å²) in [5.41, 5.74) is 1.29. The maximum absolute atomic E-state index is 10.5. The molecule has 106 valence electrons. The van der Waals surface area contributed by atoms with Crippen molar-refractivity contribution in [1.29, 1.82) is 0 Å². The van der Waals surface area contributed by atoms with Gasteiger partial charge in [0.05, 0.1) is 4.92 Å². The van der Waals surface area contributed by atoms with Crippen molar-refractivity contribution >= 4 is 5.69 Å². The van der Waals surface area contributed by atoms with E-state index >= 15 is 0 Å². The van der Waals surface area contributed by atoms with Gasteiger partial charge in [0, 0.05) is 25.3 Å². The Balaban J connectivity index is 2.31. The van der Waals surface area contributed by atoms with Crippen molar-refractivity contribution in [2.24, 2.45) is 5.41 Å². The predicted octanol–water partition coefficient (Wildman–Crippen LogP) is 2.14. The number of hydrogen-bond acceptors (Lipinski definition) is 4. The Bertz CT molecular complexity index is 402. The van der Waals surface area contributed by atoms with Crippen LogP contribution in [0.15, 0.2) is 24.3 Å². The molecule has 0 spiro atoms. The van der Waals surface area contributed by atoms with Gasteiger partial charge in [-0.3, -0.25) is 10.1 Å². The molecule has 0 bridgehead atoms. The molecule has 0 radical (unpaired) electrons. The number of aliphatic hydroxyl groups excluding tert-OH is 1. The van der Waals surface area contributed by atoms with E-state index in [1.165, 1.54) is 12.1 Å². The number of nitro groups is 1. The van der Waals surface area contributed by atoms with Gasteiger partial charge < -0.3 is 10.4 Å². The maximum Gasteiger partial charge on any atom is 0.269 e. The molecule has 0 fully saturated rings. The minimum atomic E-state index is -0.389. The SMILES string of the molecule is CC(C)(CCO)CNCCc1ccc([N+](=O)[O-])cc1. The lowest BCUT2D eigenvalue weighted by molar-refractivity contribution is -0.384. The topological polar surface area (TPSA) is 75.4 Å². The van der Waals surface area contributed by atoms with Gasteiger partial charge in [-0.05, 0) is 30.4 Å². The zero-order chi connectivity index (χ0) is 14.3. The van der Waals surface area contributed by atoms with Gasteiger partial charge in [0.2, 0.25) is 0 Å². The Morgan fingerprint density at radius 3 is 2.47 bits per heavy atom. The average Bonchev–Trinajstić information content (AvgIpc) is 2.35. The molecule has 0 atom stereocenters. The summed E-state index contributed by atoms with van der Waals surface area (Å²) in [6.07, 6.45) is 1.62. The first-order valence-electron chi connectivity index (χ1n) is 6.49. The van der Waals surface area contributed by atoms with E-state index in [0.29, 0.717) is 0 Å². The fraction of sp³-hybridized carbons (Fsp3) is 0.571. The number of aliphatic hydroxyl groups is 1. The number of rotatable bonds is 8. The van der Waals surface area contributed by atoms with Crippen molar-refractivity contribution in [3.05, 3.63) is 39.9 Å². The fourth-order valence-corrected chi connectivity index (χ4v) is 1.83. The van der Waals surface area contributed by atoms with Crippen LogP contribution in [0.4, 0.5) is 5.69 Å². The van der Waals surface area contributed by atoms with Crippen LogP contribution in [-0.4, -0.2) is 29.7 Å². The monoisotopic (exact) mass is 266 g/mol. The summed E-state index contributed by atoms with van der Waals surface area (Å²) in [5.74, 6) is 0. The highest BCUT2D eigenvalue weighted by Gasteiger charge is 2.15. The smallest absolute Gasteiger partial charge is 0.269 e. The van der Waals surface area contributed by atoms with E-state index in [9.17, 15) is 10.1 Å². The lowest BCUT2D eigenvalue weighted by atomic mass is 9.90. The number of benzene rings is 1. The van der Waals surface area contributed by atoms with E-state index in [0.717, 1.165) is 31.5 Å². The van der Waals surface area contributed by atoms with Crippen molar-refractivity contribution in [2.45, 2.75) is 26.7 Å². The van der Waals surface area contributed by atoms with Gasteiger partial charge >= 0.3 is 0 Å². The molecule has 5 nitrogen and oxygen atoms in total. The Morgan fingerprint density at radius 1 is 1.32 bits per heavy atom. The summed E-state index contributed by atoms with van der Waals surface area (Å²) in [6, 6.07) is 6.65. The number of non-ortho nitro benzene ring substituents is 1. The molecule has 2 N–H and O–H groups in total. The molecule has 0 aliphatic carbocycles. The first-order valence-corrected chi connectivity index (χ1v) is 6.49. The summed E-state index contributed by atoms with van der Waals surface area (Å²) in [6.45, 7) is 6.11. The van der Waals surface area contributed by atoms with Crippen LogP contribution in [0.1, 0.15) is 25.8 Å². The van der Waals surface area contributed by atoms with Crippen LogP contribution < -0.4 is 5.32 Å². The van der Waals surface area contributed by atoms with Gasteiger partial charge in [-0.15, -0.1) is 0 Å². The normalized spacial score (nSPS) is 11.5. The van der Waals surface area contributed by atoms with Crippen LogP contribution in [0.2, 0.25) is 0 Å². The highest BCUT2D eigenvalue weighted by Crippen LogP contribution is 2.18. The Hall–Kier alpha value is -1.46. The van der Waals surface area contributed by atoms with Crippen LogP contribution in [0.5, 0.6) is 0 Å². The molecule has 1 rings (SSSR count). The molecule has 0 amide bonds. The zero-order valence-electron chi connectivity index (χ0n) is 11.6. The summed E-state index contributed by atoms with van der Waals surface area (Å²) in [4.78, 5) is 10.1. The van der Waals surface area contributed by atoms with Crippen LogP contribution in [0.3, 0.4) is 0 Å². The Labute approximate surface area is 113 Å². The first kappa shape index (κ1) is 15.6. The zero-order valence-corrected chi connectivity index (χ0v) is 11.6. The van der Waals surface area contributed by atoms with E-state index in [4.69, 9.17) is 5.11 Å². The summed E-state index contributed by atoms with van der Waals surface area (Å²) >= 11 is 0. The molecule has 5 heteroatoms. The van der Waals surface area contributed by atoms with Gasteiger partial charge in [0.1, 0.15) is 0 Å². The summed E-state index contributed by atoms with van der Waals surface area (Å²) in [7, 11) is 0. The predicted molar refractivity (Wildman–Crippen MR) is 75.2 cm³/mol. The second-order valence-electron chi connectivity index (χ2n) is 5.49. The maximum atomic E-state index is 10.5. The van der Waals surface area contributed by atoms with Gasteiger partial charge in [-0.25, -0.2) is 0 Å². The van der Waals surface area contributed by atoms with E-state index in [1.54, 1.807) is 12.1 Å². The van der Waals surface area contributed by atoms with Gasteiger partial charge in [0.15, 0.2) is 0 Å². The lowest BCUT2D eigenvalue weighted by Gasteiger charge is -2.23. The molecule has 0 unspecified atom stereocenters. The fourth-order valence-electron chi connectivity index (χ4n) is 1.83. The van der Waals surface area contributed by atoms with E-state index in [1.807, 2.05) is 0 Å². The summed E-state index contributed by atoms with van der Waals surface area (Å²) in [5, 5.41) is 22.8.